The Labute approximate surface area is 116 Å². The lowest BCUT2D eigenvalue weighted by molar-refractivity contribution is -0.0305. The first-order chi connectivity index (χ1) is 8.69. The van der Waals surface area contributed by atoms with E-state index in [4.69, 9.17) is 4.74 Å². The van der Waals surface area contributed by atoms with Crippen LogP contribution in [0, 0.1) is 5.92 Å². The van der Waals surface area contributed by atoms with Gasteiger partial charge in [0.1, 0.15) is 5.01 Å². The molecule has 3 nitrogen and oxygen atoms in total. The summed E-state index contributed by atoms with van der Waals surface area (Å²) in [6.07, 6.45) is 1.46. The van der Waals surface area contributed by atoms with Crippen LogP contribution < -0.4 is 0 Å². The molecule has 1 rings (SSSR count). The quantitative estimate of drug-likeness (QED) is 0.572. The lowest BCUT2D eigenvalue weighted by atomic mass is 10.0. The Balaban J connectivity index is 2.44. The van der Waals surface area contributed by atoms with Crippen LogP contribution in [0.25, 0.3) is 0 Å². The topological polar surface area (TPSA) is 49.7 Å². The van der Waals surface area contributed by atoms with Crippen LogP contribution in [0.2, 0.25) is 0 Å². The summed E-state index contributed by atoms with van der Waals surface area (Å²) in [7, 11) is 0. The van der Waals surface area contributed by atoms with Crippen molar-refractivity contribution in [2.75, 3.05) is 6.61 Å². The predicted molar refractivity (Wildman–Crippen MR) is 75.3 cm³/mol. The monoisotopic (exact) mass is 314 g/mol. The highest BCUT2D eigenvalue weighted by molar-refractivity contribution is 9.09. The molecule has 0 aromatic heterocycles. The number of halogens is 1. The molecule has 0 amide bonds. The molecule has 18 heavy (non-hydrogen) atoms. The number of hydrogen-bond donors (Lipinski definition) is 2. The van der Waals surface area contributed by atoms with Crippen LogP contribution >= 0.6 is 15.9 Å². The number of alkyl halides is 1. The van der Waals surface area contributed by atoms with E-state index >= 15 is 0 Å². The normalized spacial score (nSPS) is 15.9. The van der Waals surface area contributed by atoms with E-state index in [0.29, 0.717) is 13.0 Å². The zero-order chi connectivity index (χ0) is 13.4. The van der Waals surface area contributed by atoms with Crippen LogP contribution in [0.4, 0.5) is 0 Å². The molecule has 0 aliphatic rings. The van der Waals surface area contributed by atoms with Crippen LogP contribution in [-0.4, -0.2) is 27.9 Å². The summed E-state index contributed by atoms with van der Waals surface area (Å²) in [6.45, 7) is 3.93. The van der Waals surface area contributed by atoms with E-state index in [1.807, 2.05) is 30.3 Å². The van der Waals surface area contributed by atoms with Gasteiger partial charge in [-0.3, -0.25) is 0 Å². The molecule has 1 aromatic rings. The van der Waals surface area contributed by atoms with E-state index in [0.717, 1.165) is 5.56 Å². The standard InChI is InChI=1S/C14H19BrO3/c1-2-6-12(9-16)13(17)14(15)18-10-11-7-4-3-5-8-11/h2-5,7-8,12-14,16-17H,1,6,9-10H2/t12-,13+,14?/m1/s1. The summed E-state index contributed by atoms with van der Waals surface area (Å²) < 4.78 is 5.54. The van der Waals surface area contributed by atoms with E-state index < -0.39 is 11.1 Å². The van der Waals surface area contributed by atoms with Gasteiger partial charge in [-0.2, -0.15) is 0 Å². The van der Waals surface area contributed by atoms with E-state index in [2.05, 4.69) is 22.5 Å². The summed E-state index contributed by atoms with van der Waals surface area (Å²) >= 11 is 3.29. The van der Waals surface area contributed by atoms with Crippen LogP contribution in [0.15, 0.2) is 43.0 Å². The molecule has 0 bridgehead atoms. The first kappa shape index (κ1) is 15.4. The third kappa shape index (κ3) is 4.90. The van der Waals surface area contributed by atoms with Crippen LogP contribution in [-0.2, 0) is 11.3 Å². The third-order valence-corrected chi connectivity index (χ3v) is 3.51. The van der Waals surface area contributed by atoms with Crippen LogP contribution in [0.5, 0.6) is 0 Å². The summed E-state index contributed by atoms with van der Waals surface area (Å²) in [6, 6.07) is 9.73. The van der Waals surface area contributed by atoms with Gasteiger partial charge in [0.25, 0.3) is 0 Å². The SMILES string of the molecule is C=CC[C@H](CO)[C@H](O)C(Br)OCc1ccccc1. The van der Waals surface area contributed by atoms with Crippen molar-refractivity contribution in [1.82, 2.24) is 0 Å². The molecule has 1 aromatic carbocycles. The van der Waals surface area contributed by atoms with Crippen molar-refractivity contribution in [3.63, 3.8) is 0 Å². The molecule has 0 aliphatic heterocycles. The molecule has 0 radical (unpaired) electrons. The van der Waals surface area contributed by atoms with E-state index in [1.165, 1.54) is 0 Å². The summed E-state index contributed by atoms with van der Waals surface area (Å²) in [4.78, 5) is 0. The zero-order valence-corrected chi connectivity index (χ0v) is 11.8. The van der Waals surface area contributed by atoms with Crippen molar-refractivity contribution in [3.8, 4) is 0 Å². The largest absolute Gasteiger partial charge is 0.396 e. The highest BCUT2D eigenvalue weighted by atomic mass is 79.9. The van der Waals surface area contributed by atoms with Crippen molar-refractivity contribution in [2.24, 2.45) is 5.92 Å². The second kappa shape index (κ2) is 8.43. The van der Waals surface area contributed by atoms with E-state index in [9.17, 15) is 10.2 Å². The number of rotatable bonds is 8. The van der Waals surface area contributed by atoms with Gasteiger partial charge in [0.2, 0.25) is 0 Å². The van der Waals surface area contributed by atoms with Crippen molar-refractivity contribution in [1.29, 1.82) is 0 Å². The average Bonchev–Trinajstić information content (AvgIpc) is 2.42. The summed E-state index contributed by atoms with van der Waals surface area (Å²) in [5.74, 6) is -0.261. The van der Waals surface area contributed by atoms with Gasteiger partial charge in [0.05, 0.1) is 12.7 Å². The number of aliphatic hydroxyl groups excluding tert-OH is 2. The number of aliphatic hydroxyl groups is 2. The molecule has 3 atom stereocenters. The first-order valence-electron chi connectivity index (χ1n) is 5.88. The molecule has 4 heteroatoms. The van der Waals surface area contributed by atoms with Gasteiger partial charge in [-0.05, 0) is 12.0 Å². The fourth-order valence-electron chi connectivity index (χ4n) is 1.60. The number of allylic oxidation sites excluding steroid dienone is 1. The molecular formula is C14H19BrO3. The summed E-state index contributed by atoms with van der Waals surface area (Å²) in [5.41, 5.74) is 1.04. The fraction of sp³-hybridized carbons (Fsp3) is 0.429. The Morgan fingerprint density at radius 1 is 1.33 bits per heavy atom. The van der Waals surface area contributed by atoms with Gasteiger partial charge in [0, 0.05) is 12.5 Å². The van der Waals surface area contributed by atoms with Crippen molar-refractivity contribution >= 4 is 15.9 Å². The lowest BCUT2D eigenvalue weighted by Gasteiger charge is -2.24. The lowest BCUT2D eigenvalue weighted by Crippen LogP contribution is -2.33. The summed E-state index contributed by atoms with van der Waals surface area (Å²) in [5, 5.41) is 18.7. The maximum atomic E-state index is 10.0. The average molecular weight is 315 g/mol. The molecule has 0 saturated heterocycles. The minimum Gasteiger partial charge on any atom is -0.396 e. The molecular weight excluding hydrogens is 296 g/mol. The Morgan fingerprint density at radius 3 is 2.56 bits per heavy atom. The molecule has 0 heterocycles. The molecule has 0 fully saturated rings. The Morgan fingerprint density at radius 2 is 2.00 bits per heavy atom. The molecule has 0 saturated carbocycles. The van der Waals surface area contributed by atoms with E-state index in [-0.39, 0.29) is 12.5 Å². The third-order valence-electron chi connectivity index (χ3n) is 2.71. The Hall–Kier alpha value is -0.680. The number of hydrogen-bond acceptors (Lipinski definition) is 3. The molecule has 0 aliphatic carbocycles. The second-order valence-corrected chi connectivity index (χ2v) is 5.01. The van der Waals surface area contributed by atoms with Gasteiger partial charge in [-0.1, -0.05) is 52.3 Å². The van der Waals surface area contributed by atoms with Crippen LogP contribution in [0.3, 0.4) is 0 Å². The van der Waals surface area contributed by atoms with Gasteiger partial charge in [0.15, 0.2) is 0 Å². The Kier molecular flexibility index (Phi) is 7.20. The zero-order valence-electron chi connectivity index (χ0n) is 10.2. The van der Waals surface area contributed by atoms with Crippen molar-refractivity contribution < 1.29 is 14.9 Å². The molecule has 2 N–H and O–H groups in total. The molecule has 100 valence electrons. The van der Waals surface area contributed by atoms with Gasteiger partial charge in [-0.25, -0.2) is 0 Å². The molecule has 1 unspecified atom stereocenters. The van der Waals surface area contributed by atoms with Gasteiger partial charge >= 0.3 is 0 Å². The second-order valence-electron chi connectivity index (χ2n) is 4.11. The van der Waals surface area contributed by atoms with Crippen molar-refractivity contribution in [3.05, 3.63) is 48.6 Å². The first-order valence-corrected chi connectivity index (χ1v) is 6.80. The minimum atomic E-state index is -0.767. The van der Waals surface area contributed by atoms with Gasteiger partial charge in [-0.15, -0.1) is 6.58 Å². The van der Waals surface area contributed by atoms with E-state index in [1.54, 1.807) is 6.08 Å². The highest BCUT2D eigenvalue weighted by Gasteiger charge is 2.25. The highest BCUT2D eigenvalue weighted by Crippen LogP contribution is 2.20. The Bertz CT molecular complexity index is 342. The van der Waals surface area contributed by atoms with Gasteiger partial charge < -0.3 is 14.9 Å². The number of ether oxygens (including phenoxy) is 1. The van der Waals surface area contributed by atoms with Crippen molar-refractivity contribution in [2.45, 2.75) is 24.1 Å². The maximum absolute atomic E-state index is 10.0. The molecule has 0 spiro atoms. The smallest absolute Gasteiger partial charge is 0.139 e. The number of benzene rings is 1. The maximum Gasteiger partial charge on any atom is 0.139 e. The predicted octanol–water partition coefficient (Wildman–Crippen LogP) is 2.47. The fourth-order valence-corrected chi connectivity index (χ4v) is 2.16. The van der Waals surface area contributed by atoms with Crippen LogP contribution in [0.1, 0.15) is 12.0 Å². The minimum absolute atomic E-state index is 0.0933.